The molecule has 0 unspecified atom stereocenters. The van der Waals surface area contributed by atoms with Gasteiger partial charge in [-0.05, 0) is 18.9 Å². The fourth-order valence-corrected chi connectivity index (χ4v) is 1.10. The summed E-state index contributed by atoms with van der Waals surface area (Å²) in [6, 6.07) is 0. The first-order valence-electron chi connectivity index (χ1n) is 5.87. The normalized spacial score (nSPS) is 12.4. The third-order valence-electron chi connectivity index (χ3n) is 2.12. The van der Waals surface area contributed by atoms with Crippen molar-refractivity contribution in [3.63, 3.8) is 0 Å². The Bertz CT molecular complexity index is 147. The van der Waals surface area contributed by atoms with Gasteiger partial charge in [-0.15, -0.1) is 0 Å². The van der Waals surface area contributed by atoms with Crippen molar-refractivity contribution >= 4 is 0 Å². The van der Waals surface area contributed by atoms with E-state index in [2.05, 4.69) is 33.0 Å². The minimum absolute atomic E-state index is 0.0151. The van der Waals surface area contributed by atoms with Crippen molar-refractivity contribution < 1.29 is 9.84 Å². The summed E-state index contributed by atoms with van der Waals surface area (Å²) < 4.78 is 5.46. The maximum atomic E-state index is 9.03. The highest BCUT2D eigenvalue weighted by Gasteiger charge is 2.14. The fraction of sp³-hybridized carbons (Fsp3) is 1.00. The average molecular weight is 217 g/mol. The van der Waals surface area contributed by atoms with Gasteiger partial charge in [-0.3, -0.25) is 0 Å². The van der Waals surface area contributed by atoms with E-state index in [1.54, 1.807) is 0 Å². The van der Waals surface area contributed by atoms with E-state index < -0.39 is 0 Å². The molecule has 0 aromatic carbocycles. The van der Waals surface area contributed by atoms with Crippen molar-refractivity contribution in [3.05, 3.63) is 0 Å². The van der Waals surface area contributed by atoms with E-state index >= 15 is 0 Å². The van der Waals surface area contributed by atoms with Gasteiger partial charge in [-0.25, -0.2) is 0 Å². The number of rotatable bonds is 9. The highest BCUT2D eigenvalue weighted by Crippen LogP contribution is 2.10. The summed E-state index contributed by atoms with van der Waals surface area (Å²) in [6.07, 6.45) is 1.04. The standard InChI is InChI=1S/C12H27NO2/c1-11(2)8-15-7-5-6-13-9-12(3,4)10-14/h11,13-14H,5-10H2,1-4H3. The summed E-state index contributed by atoms with van der Waals surface area (Å²) in [4.78, 5) is 0. The molecule has 0 saturated carbocycles. The van der Waals surface area contributed by atoms with Crippen LogP contribution in [0.2, 0.25) is 0 Å². The molecule has 0 rings (SSSR count). The van der Waals surface area contributed by atoms with Gasteiger partial charge in [0.15, 0.2) is 0 Å². The zero-order chi connectivity index (χ0) is 11.7. The van der Waals surface area contributed by atoms with Crippen molar-refractivity contribution in [2.45, 2.75) is 34.1 Å². The van der Waals surface area contributed by atoms with Crippen LogP contribution >= 0.6 is 0 Å². The summed E-state index contributed by atoms with van der Waals surface area (Å²) in [5, 5.41) is 12.4. The average Bonchev–Trinajstić information content (AvgIpc) is 2.16. The van der Waals surface area contributed by atoms with Crippen molar-refractivity contribution in [2.75, 3.05) is 32.9 Å². The van der Waals surface area contributed by atoms with Gasteiger partial charge in [-0.2, -0.15) is 0 Å². The molecule has 3 heteroatoms. The molecule has 2 N–H and O–H groups in total. The van der Waals surface area contributed by atoms with E-state index in [4.69, 9.17) is 9.84 Å². The summed E-state index contributed by atoms with van der Waals surface area (Å²) in [7, 11) is 0. The van der Waals surface area contributed by atoms with E-state index in [9.17, 15) is 0 Å². The third kappa shape index (κ3) is 10.2. The Hall–Kier alpha value is -0.120. The molecule has 0 saturated heterocycles. The first-order valence-corrected chi connectivity index (χ1v) is 5.87. The monoisotopic (exact) mass is 217 g/mol. The Kier molecular flexibility index (Phi) is 8.02. The maximum absolute atomic E-state index is 9.03. The highest BCUT2D eigenvalue weighted by atomic mass is 16.5. The number of nitrogens with one attached hydrogen (secondary N) is 1. The van der Waals surface area contributed by atoms with Crippen LogP contribution in [0, 0.1) is 11.3 Å². The molecule has 0 aliphatic carbocycles. The van der Waals surface area contributed by atoms with Crippen LogP contribution < -0.4 is 5.32 Å². The lowest BCUT2D eigenvalue weighted by atomic mass is 9.95. The van der Waals surface area contributed by atoms with Gasteiger partial charge in [0.2, 0.25) is 0 Å². The molecule has 0 bridgehead atoms. The minimum atomic E-state index is -0.0151. The number of aliphatic hydroxyl groups excluding tert-OH is 1. The van der Waals surface area contributed by atoms with E-state index in [1.165, 1.54) is 0 Å². The van der Waals surface area contributed by atoms with Crippen molar-refractivity contribution in [1.29, 1.82) is 0 Å². The van der Waals surface area contributed by atoms with Crippen LogP contribution in [0.5, 0.6) is 0 Å². The van der Waals surface area contributed by atoms with Crippen LogP contribution in [0.3, 0.4) is 0 Å². The van der Waals surface area contributed by atoms with E-state index in [0.717, 1.165) is 32.7 Å². The lowest BCUT2D eigenvalue weighted by Gasteiger charge is -2.21. The Morgan fingerprint density at radius 3 is 2.53 bits per heavy atom. The second-order valence-corrected chi connectivity index (χ2v) is 5.32. The number of hydrogen-bond acceptors (Lipinski definition) is 3. The highest BCUT2D eigenvalue weighted by molar-refractivity contribution is 4.69. The van der Waals surface area contributed by atoms with Crippen molar-refractivity contribution in [3.8, 4) is 0 Å². The molecule has 0 fully saturated rings. The van der Waals surface area contributed by atoms with Gasteiger partial charge in [0.05, 0.1) is 0 Å². The lowest BCUT2D eigenvalue weighted by molar-refractivity contribution is 0.106. The van der Waals surface area contributed by atoms with Crippen LogP contribution in [0.15, 0.2) is 0 Å². The predicted octanol–water partition coefficient (Wildman–Crippen LogP) is 1.66. The van der Waals surface area contributed by atoms with Crippen LogP contribution in [-0.2, 0) is 4.74 Å². The van der Waals surface area contributed by atoms with Crippen molar-refractivity contribution in [1.82, 2.24) is 5.32 Å². The molecule has 15 heavy (non-hydrogen) atoms. The lowest BCUT2D eigenvalue weighted by Crippen LogP contribution is -2.33. The molecule has 92 valence electrons. The van der Waals surface area contributed by atoms with E-state index in [1.807, 2.05) is 0 Å². The summed E-state index contributed by atoms with van der Waals surface area (Å²) in [6.45, 7) is 12.1. The van der Waals surface area contributed by atoms with Gasteiger partial charge in [-0.1, -0.05) is 27.7 Å². The molecule has 0 aliphatic rings. The second-order valence-electron chi connectivity index (χ2n) is 5.32. The zero-order valence-corrected chi connectivity index (χ0v) is 10.7. The Balaban J connectivity index is 3.18. The molecule has 0 heterocycles. The third-order valence-corrected chi connectivity index (χ3v) is 2.12. The topological polar surface area (TPSA) is 41.5 Å². The van der Waals surface area contributed by atoms with Crippen LogP contribution in [-0.4, -0.2) is 38.0 Å². The number of aliphatic hydroxyl groups is 1. The molecule has 0 spiro atoms. The smallest absolute Gasteiger partial charge is 0.0494 e. The van der Waals surface area contributed by atoms with Gasteiger partial charge in [0.25, 0.3) is 0 Å². The SMILES string of the molecule is CC(C)COCCCNCC(C)(C)CO. The second kappa shape index (κ2) is 8.08. The number of hydrogen-bond donors (Lipinski definition) is 2. The molecular weight excluding hydrogens is 190 g/mol. The summed E-state index contributed by atoms with van der Waals surface area (Å²) in [5.41, 5.74) is -0.0151. The van der Waals surface area contributed by atoms with E-state index in [-0.39, 0.29) is 12.0 Å². The summed E-state index contributed by atoms with van der Waals surface area (Å²) >= 11 is 0. The van der Waals surface area contributed by atoms with Crippen molar-refractivity contribution in [2.24, 2.45) is 11.3 Å². The zero-order valence-electron chi connectivity index (χ0n) is 10.7. The Labute approximate surface area is 94.2 Å². The predicted molar refractivity (Wildman–Crippen MR) is 64.0 cm³/mol. The van der Waals surface area contributed by atoms with Crippen LogP contribution in [0.4, 0.5) is 0 Å². The molecule has 0 aliphatic heterocycles. The minimum Gasteiger partial charge on any atom is -0.396 e. The van der Waals surface area contributed by atoms with Crippen LogP contribution in [0.25, 0.3) is 0 Å². The number of ether oxygens (including phenoxy) is 1. The molecule has 0 amide bonds. The molecule has 0 radical (unpaired) electrons. The molecule has 0 atom stereocenters. The Morgan fingerprint density at radius 2 is 2.00 bits per heavy atom. The molecular formula is C12H27NO2. The fourth-order valence-electron chi connectivity index (χ4n) is 1.10. The first kappa shape index (κ1) is 14.9. The summed E-state index contributed by atoms with van der Waals surface area (Å²) in [5.74, 6) is 0.617. The quantitative estimate of drug-likeness (QED) is 0.577. The van der Waals surface area contributed by atoms with Gasteiger partial charge in [0, 0.05) is 31.8 Å². The molecule has 0 aromatic heterocycles. The van der Waals surface area contributed by atoms with Crippen LogP contribution in [0.1, 0.15) is 34.1 Å². The molecule has 3 nitrogen and oxygen atoms in total. The Morgan fingerprint density at radius 1 is 1.33 bits per heavy atom. The largest absolute Gasteiger partial charge is 0.396 e. The maximum Gasteiger partial charge on any atom is 0.0494 e. The van der Waals surface area contributed by atoms with Gasteiger partial charge < -0.3 is 15.2 Å². The van der Waals surface area contributed by atoms with E-state index in [0.29, 0.717) is 5.92 Å². The molecule has 0 aromatic rings. The van der Waals surface area contributed by atoms with Gasteiger partial charge >= 0.3 is 0 Å². The van der Waals surface area contributed by atoms with Gasteiger partial charge in [0.1, 0.15) is 0 Å². The first-order chi connectivity index (χ1) is 6.98.